The van der Waals surface area contributed by atoms with Gasteiger partial charge in [-0.25, -0.2) is 14.8 Å². The molecule has 8 heteroatoms. The molecule has 90 valence electrons. The minimum atomic E-state index is -1.03. The van der Waals surface area contributed by atoms with Crippen LogP contribution in [0.25, 0.3) is 22.1 Å². The van der Waals surface area contributed by atoms with E-state index in [-0.39, 0.29) is 5.56 Å². The zero-order chi connectivity index (χ0) is 12.9. The topological polar surface area (TPSA) is 118 Å². The lowest BCUT2D eigenvalue weighted by Gasteiger charge is -1.96. The van der Waals surface area contributed by atoms with E-state index in [4.69, 9.17) is 10.8 Å². The second-order valence-corrected chi connectivity index (χ2v) is 4.62. The number of pyridine rings is 1. The van der Waals surface area contributed by atoms with Gasteiger partial charge in [0.1, 0.15) is 17.0 Å². The molecule has 0 fully saturated rings. The summed E-state index contributed by atoms with van der Waals surface area (Å²) in [6.07, 6.45) is 1.29. The normalized spacial score (nSPS) is 11.2. The largest absolute Gasteiger partial charge is 0.478 e. The number of rotatable bonds is 1. The smallest absolute Gasteiger partial charge is 0.337 e. The van der Waals surface area contributed by atoms with Gasteiger partial charge in [-0.15, -0.1) is 0 Å². The number of halogens is 1. The molecule has 3 heterocycles. The van der Waals surface area contributed by atoms with Crippen LogP contribution in [0.5, 0.6) is 0 Å². The first-order chi connectivity index (χ1) is 8.56. The van der Waals surface area contributed by atoms with Crippen molar-refractivity contribution in [3.05, 3.63) is 21.7 Å². The van der Waals surface area contributed by atoms with Gasteiger partial charge in [-0.05, 0) is 6.07 Å². The van der Waals surface area contributed by atoms with Crippen LogP contribution in [0.3, 0.4) is 0 Å². The molecule has 0 unspecified atom stereocenters. The Hall–Kier alpha value is -1.97. The van der Waals surface area contributed by atoms with Crippen molar-refractivity contribution >= 4 is 56.4 Å². The quantitative estimate of drug-likeness (QED) is 0.449. The Morgan fingerprint density at radius 3 is 2.94 bits per heavy atom. The number of fused-ring (bicyclic) bond motifs is 3. The van der Waals surface area contributed by atoms with E-state index in [0.29, 0.717) is 31.7 Å². The van der Waals surface area contributed by atoms with Crippen molar-refractivity contribution in [3.63, 3.8) is 0 Å². The lowest BCUT2D eigenvalue weighted by atomic mass is 10.2. The zero-order valence-corrected chi connectivity index (χ0v) is 11.0. The van der Waals surface area contributed by atoms with E-state index >= 15 is 0 Å². The Kier molecular flexibility index (Phi) is 2.33. The summed E-state index contributed by atoms with van der Waals surface area (Å²) in [5.74, 6) is -0.706. The first-order valence-electron chi connectivity index (χ1n) is 4.90. The van der Waals surface area contributed by atoms with Crippen molar-refractivity contribution in [2.75, 3.05) is 5.73 Å². The standard InChI is InChI=1S/C10H6IN5O2/c11-10-15-7(12)5-6-4(14-8(5)16-10)1-3(2-13-6)9(17)18/h1-2H,(H,17,18)(H3,12,14,15,16). The van der Waals surface area contributed by atoms with Gasteiger partial charge in [-0.2, -0.15) is 0 Å². The highest BCUT2D eigenvalue weighted by molar-refractivity contribution is 14.1. The Morgan fingerprint density at radius 2 is 2.22 bits per heavy atom. The van der Waals surface area contributed by atoms with E-state index in [1.165, 1.54) is 12.3 Å². The maximum Gasteiger partial charge on any atom is 0.337 e. The third-order valence-electron chi connectivity index (χ3n) is 2.53. The van der Waals surface area contributed by atoms with Crippen molar-refractivity contribution in [3.8, 4) is 0 Å². The number of nitrogens with zero attached hydrogens (tertiary/aromatic N) is 3. The van der Waals surface area contributed by atoms with Crippen LogP contribution in [0.15, 0.2) is 12.3 Å². The first-order valence-corrected chi connectivity index (χ1v) is 5.98. The van der Waals surface area contributed by atoms with E-state index in [0.717, 1.165) is 0 Å². The van der Waals surface area contributed by atoms with Crippen molar-refractivity contribution in [1.29, 1.82) is 0 Å². The van der Waals surface area contributed by atoms with Crippen LogP contribution in [0.1, 0.15) is 10.4 Å². The number of carbonyl (C=O) groups is 1. The molecular weight excluding hydrogens is 349 g/mol. The molecule has 0 bridgehead atoms. The number of carboxylic acid groups (broad SMARTS) is 1. The predicted molar refractivity (Wildman–Crippen MR) is 73.3 cm³/mol. The summed E-state index contributed by atoms with van der Waals surface area (Å²) < 4.78 is 0.516. The molecule has 0 aliphatic carbocycles. The van der Waals surface area contributed by atoms with Gasteiger partial charge in [-0.3, -0.25) is 4.98 Å². The molecule has 3 aromatic rings. The number of anilines is 1. The summed E-state index contributed by atoms with van der Waals surface area (Å²) in [6, 6.07) is 1.50. The van der Waals surface area contributed by atoms with E-state index in [1.807, 2.05) is 22.6 Å². The minimum absolute atomic E-state index is 0.107. The number of nitrogens with two attached hydrogens (primary N) is 1. The second-order valence-electron chi connectivity index (χ2n) is 3.65. The van der Waals surface area contributed by atoms with Crippen molar-refractivity contribution in [2.24, 2.45) is 0 Å². The molecule has 0 aliphatic rings. The SMILES string of the molecule is Nc1nc(I)nc2[nH]c3cc(C(=O)O)cnc3c12. The minimum Gasteiger partial charge on any atom is -0.478 e. The molecular formula is C10H6IN5O2. The lowest BCUT2D eigenvalue weighted by molar-refractivity contribution is 0.0696. The monoisotopic (exact) mass is 355 g/mol. The fraction of sp³-hybridized carbons (Fsp3) is 0. The van der Waals surface area contributed by atoms with Crippen LogP contribution in [0.4, 0.5) is 5.82 Å². The number of aromatic amines is 1. The fourth-order valence-electron chi connectivity index (χ4n) is 1.78. The highest BCUT2D eigenvalue weighted by Crippen LogP contribution is 2.27. The number of H-pyrrole nitrogens is 1. The molecule has 7 nitrogen and oxygen atoms in total. The van der Waals surface area contributed by atoms with Gasteiger partial charge in [0.25, 0.3) is 0 Å². The summed E-state index contributed by atoms with van der Waals surface area (Å²) in [6.45, 7) is 0. The number of aromatic carboxylic acids is 1. The lowest BCUT2D eigenvalue weighted by Crippen LogP contribution is -1.97. The highest BCUT2D eigenvalue weighted by atomic mass is 127. The van der Waals surface area contributed by atoms with E-state index < -0.39 is 5.97 Å². The highest BCUT2D eigenvalue weighted by Gasteiger charge is 2.14. The third-order valence-corrected chi connectivity index (χ3v) is 3.02. The van der Waals surface area contributed by atoms with Crippen LogP contribution < -0.4 is 5.73 Å². The molecule has 4 N–H and O–H groups in total. The average Bonchev–Trinajstić information content (AvgIpc) is 2.65. The maximum atomic E-state index is 10.9. The van der Waals surface area contributed by atoms with Crippen LogP contribution >= 0.6 is 22.6 Å². The molecule has 3 aromatic heterocycles. The van der Waals surface area contributed by atoms with Gasteiger partial charge >= 0.3 is 5.97 Å². The first kappa shape index (κ1) is 11.1. The Labute approximate surface area is 114 Å². The average molecular weight is 355 g/mol. The molecule has 3 rings (SSSR count). The van der Waals surface area contributed by atoms with Crippen LogP contribution in [0.2, 0.25) is 0 Å². The van der Waals surface area contributed by atoms with Crippen molar-refractivity contribution in [1.82, 2.24) is 19.9 Å². The zero-order valence-electron chi connectivity index (χ0n) is 8.81. The molecule has 0 aliphatic heterocycles. The molecule has 0 atom stereocenters. The summed E-state index contributed by atoms with van der Waals surface area (Å²) in [4.78, 5) is 26.2. The Bertz CT molecular complexity index is 798. The van der Waals surface area contributed by atoms with Crippen LogP contribution in [-0.2, 0) is 0 Å². The molecule has 0 radical (unpaired) electrons. The number of nitrogens with one attached hydrogen (secondary N) is 1. The Balaban J connectivity index is 2.43. The number of carboxylic acids is 1. The number of aromatic nitrogens is 4. The summed E-state index contributed by atoms with van der Waals surface area (Å²) >= 11 is 1.96. The van der Waals surface area contributed by atoms with Gasteiger partial charge in [0.15, 0.2) is 3.83 Å². The van der Waals surface area contributed by atoms with Crippen molar-refractivity contribution < 1.29 is 9.90 Å². The molecule has 0 saturated heterocycles. The van der Waals surface area contributed by atoms with Gasteiger partial charge in [0, 0.05) is 28.8 Å². The third kappa shape index (κ3) is 1.56. The predicted octanol–water partition coefficient (Wildman–Crippen LogP) is 1.39. The number of hydrogen-bond acceptors (Lipinski definition) is 5. The summed E-state index contributed by atoms with van der Waals surface area (Å²) in [5, 5.41) is 9.52. The van der Waals surface area contributed by atoms with Gasteiger partial charge in [0.2, 0.25) is 0 Å². The fourth-order valence-corrected chi connectivity index (χ4v) is 2.28. The van der Waals surface area contributed by atoms with Crippen LogP contribution in [0, 0.1) is 3.83 Å². The molecule has 0 aromatic carbocycles. The molecule has 0 spiro atoms. The Morgan fingerprint density at radius 1 is 1.44 bits per heavy atom. The molecule has 0 amide bonds. The number of hydrogen-bond donors (Lipinski definition) is 3. The summed E-state index contributed by atoms with van der Waals surface area (Å²) in [7, 11) is 0. The van der Waals surface area contributed by atoms with Crippen molar-refractivity contribution in [2.45, 2.75) is 0 Å². The van der Waals surface area contributed by atoms with E-state index in [2.05, 4.69) is 19.9 Å². The van der Waals surface area contributed by atoms with Crippen LogP contribution in [-0.4, -0.2) is 31.0 Å². The van der Waals surface area contributed by atoms with Gasteiger partial charge in [-0.1, -0.05) is 0 Å². The van der Waals surface area contributed by atoms with E-state index in [1.54, 1.807) is 0 Å². The number of nitrogen functional groups attached to an aromatic ring is 1. The maximum absolute atomic E-state index is 10.9. The second kappa shape index (κ2) is 3.77. The van der Waals surface area contributed by atoms with Gasteiger partial charge in [0.05, 0.1) is 16.5 Å². The molecule has 18 heavy (non-hydrogen) atoms. The van der Waals surface area contributed by atoms with E-state index in [9.17, 15) is 4.79 Å². The summed E-state index contributed by atoms with van der Waals surface area (Å²) in [5.41, 5.74) is 7.64. The van der Waals surface area contributed by atoms with Gasteiger partial charge < -0.3 is 15.8 Å². The molecule has 0 saturated carbocycles.